The van der Waals surface area contributed by atoms with Crippen LogP contribution in [0, 0.1) is 0 Å². The molecule has 1 atom stereocenters. The van der Waals surface area contributed by atoms with E-state index in [0.717, 1.165) is 38.3 Å². The summed E-state index contributed by atoms with van der Waals surface area (Å²) in [7, 11) is 0. The highest BCUT2D eigenvalue weighted by Crippen LogP contribution is 2.15. The van der Waals surface area contributed by atoms with Gasteiger partial charge in [0.25, 0.3) is 0 Å². The van der Waals surface area contributed by atoms with Gasteiger partial charge in [-0.25, -0.2) is 0 Å². The second kappa shape index (κ2) is 7.49. The summed E-state index contributed by atoms with van der Waals surface area (Å²) in [4.78, 5) is 8.86. The predicted molar refractivity (Wildman–Crippen MR) is 87.4 cm³/mol. The third-order valence-electron chi connectivity index (χ3n) is 4.24. The van der Waals surface area contributed by atoms with Crippen LogP contribution in [-0.4, -0.2) is 52.6 Å². The molecule has 1 N–H and O–H groups in total. The number of piperazine rings is 1. The van der Waals surface area contributed by atoms with E-state index in [1.165, 1.54) is 5.56 Å². The summed E-state index contributed by atoms with van der Waals surface area (Å²) >= 11 is 0. The summed E-state index contributed by atoms with van der Waals surface area (Å²) in [6, 6.07) is 14.1. The van der Waals surface area contributed by atoms with Gasteiger partial charge in [0.05, 0.1) is 6.10 Å². The van der Waals surface area contributed by atoms with Crippen molar-refractivity contribution in [3.8, 4) is 0 Å². The predicted octanol–water partition coefficient (Wildman–Crippen LogP) is 1.93. The van der Waals surface area contributed by atoms with Crippen LogP contribution in [0.3, 0.4) is 0 Å². The van der Waals surface area contributed by atoms with Crippen molar-refractivity contribution in [3.63, 3.8) is 0 Å². The monoisotopic (exact) mass is 297 g/mol. The SMILES string of the molecule is OC(CN1CCN(Cc2ccncc2)CC1)c1ccccc1. The van der Waals surface area contributed by atoms with Crippen molar-refractivity contribution in [2.24, 2.45) is 0 Å². The molecule has 116 valence electrons. The second-order valence-electron chi connectivity index (χ2n) is 5.86. The fraction of sp³-hybridized carbons (Fsp3) is 0.389. The smallest absolute Gasteiger partial charge is 0.0916 e. The molecule has 0 radical (unpaired) electrons. The van der Waals surface area contributed by atoms with Crippen molar-refractivity contribution in [3.05, 3.63) is 66.0 Å². The maximum atomic E-state index is 10.3. The average Bonchev–Trinajstić information content (AvgIpc) is 2.58. The fourth-order valence-electron chi connectivity index (χ4n) is 2.90. The van der Waals surface area contributed by atoms with Crippen molar-refractivity contribution >= 4 is 0 Å². The van der Waals surface area contributed by atoms with E-state index in [1.807, 2.05) is 42.7 Å². The molecule has 0 spiro atoms. The van der Waals surface area contributed by atoms with Gasteiger partial charge in [-0.1, -0.05) is 30.3 Å². The van der Waals surface area contributed by atoms with E-state index < -0.39 is 6.10 Å². The fourth-order valence-corrected chi connectivity index (χ4v) is 2.90. The minimum Gasteiger partial charge on any atom is -0.387 e. The number of pyridine rings is 1. The lowest BCUT2D eigenvalue weighted by molar-refractivity contribution is 0.0701. The molecule has 4 heteroatoms. The molecule has 1 fully saturated rings. The van der Waals surface area contributed by atoms with Crippen LogP contribution in [0.4, 0.5) is 0 Å². The van der Waals surface area contributed by atoms with Crippen LogP contribution < -0.4 is 0 Å². The zero-order valence-corrected chi connectivity index (χ0v) is 12.8. The molecule has 3 rings (SSSR count). The van der Waals surface area contributed by atoms with Crippen LogP contribution in [0.1, 0.15) is 17.2 Å². The molecule has 4 nitrogen and oxygen atoms in total. The number of hydrogen-bond donors (Lipinski definition) is 1. The molecule has 0 saturated carbocycles. The quantitative estimate of drug-likeness (QED) is 0.915. The largest absolute Gasteiger partial charge is 0.387 e. The Morgan fingerprint density at radius 3 is 2.23 bits per heavy atom. The Hall–Kier alpha value is -1.75. The number of aromatic nitrogens is 1. The van der Waals surface area contributed by atoms with Gasteiger partial charge >= 0.3 is 0 Å². The molecule has 2 aromatic rings. The Bertz CT molecular complexity index is 553. The van der Waals surface area contributed by atoms with Gasteiger partial charge in [0.2, 0.25) is 0 Å². The highest BCUT2D eigenvalue weighted by molar-refractivity contribution is 5.17. The van der Waals surface area contributed by atoms with E-state index in [0.29, 0.717) is 6.54 Å². The first-order valence-electron chi connectivity index (χ1n) is 7.88. The van der Waals surface area contributed by atoms with E-state index in [-0.39, 0.29) is 0 Å². The van der Waals surface area contributed by atoms with Gasteiger partial charge in [0, 0.05) is 51.7 Å². The third kappa shape index (κ3) is 4.13. The lowest BCUT2D eigenvalue weighted by Gasteiger charge is -2.35. The summed E-state index contributed by atoms with van der Waals surface area (Å²) in [6.07, 6.45) is 3.30. The molecular formula is C18H23N3O. The van der Waals surface area contributed by atoms with Crippen molar-refractivity contribution < 1.29 is 5.11 Å². The van der Waals surface area contributed by atoms with E-state index in [1.54, 1.807) is 0 Å². The molecule has 2 heterocycles. The number of nitrogens with zero attached hydrogens (tertiary/aromatic N) is 3. The topological polar surface area (TPSA) is 39.6 Å². The summed E-state index contributed by atoms with van der Waals surface area (Å²) in [5, 5.41) is 10.3. The van der Waals surface area contributed by atoms with Crippen LogP contribution in [0.2, 0.25) is 0 Å². The molecule has 1 saturated heterocycles. The van der Waals surface area contributed by atoms with Gasteiger partial charge in [-0.05, 0) is 23.3 Å². The van der Waals surface area contributed by atoms with Gasteiger partial charge in [-0.15, -0.1) is 0 Å². The first-order valence-corrected chi connectivity index (χ1v) is 7.88. The Morgan fingerprint density at radius 1 is 0.909 bits per heavy atom. The minimum absolute atomic E-state index is 0.395. The number of hydrogen-bond acceptors (Lipinski definition) is 4. The van der Waals surface area contributed by atoms with Crippen molar-refractivity contribution in [1.29, 1.82) is 0 Å². The van der Waals surface area contributed by atoms with E-state index >= 15 is 0 Å². The van der Waals surface area contributed by atoms with Crippen molar-refractivity contribution in [2.75, 3.05) is 32.7 Å². The highest BCUT2D eigenvalue weighted by atomic mass is 16.3. The zero-order valence-electron chi connectivity index (χ0n) is 12.8. The molecule has 1 aromatic heterocycles. The summed E-state index contributed by atoms with van der Waals surface area (Å²) in [5.41, 5.74) is 2.31. The molecule has 22 heavy (non-hydrogen) atoms. The molecule has 0 aliphatic carbocycles. The number of aliphatic hydroxyl groups is 1. The molecular weight excluding hydrogens is 274 g/mol. The molecule has 1 aliphatic rings. The van der Waals surface area contributed by atoms with E-state index in [4.69, 9.17) is 0 Å². The molecule has 0 amide bonds. The number of aliphatic hydroxyl groups excluding tert-OH is 1. The maximum absolute atomic E-state index is 10.3. The summed E-state index contributed by atoms with van der Waals surface area (Å²) < 4.78 is 0. The van der Waals surface area contributed by atoms with Crippen LogP contribution in [0.15, 0.2) is 54.9 Å². The normalized spacial score (nSPS) is 18.2. The number of benzene rings is 1. The lowest BCUT2D eigenvalue weighted by Crippen LogP contribution is -2.47. The maximum Gasteiger partial charge on any atom is 0.0916 e. The van der Waals surface area contributed by atoms with E-state index in [2.05, 4.69) is 26.9 Å². The highest BCUT2D eigenvalue weighted by Gasteiger charge is 2.19. The van der Waals surface area contributed by atoms with Gasteiger partial charge < -0.3 is 5.11 Å². The Balaban J connectivity index is 1.46. The number of β-amino-alcohol motifs (C(OH)–C–C–N with tert-alkyl or cyclic N) is 1. The van der Waals surface area contributed by atoms with Gasteiger partial charge in [0.1, 0.15) is 0 Å². The standard InChI is InChI=1S/C18H23N3O/c22-18(17-4-2-1-3-5-17)15-21-12-10-20(11-13-21)14-16-6-8-19-9-7-16/h1-9,18,22H,10-15H2. The molecule has 0 bridgehead atoms. The Morgan fingerprint density at radius 2 is 1.55 bits per heavy atom. The molecule has 1 aromatic carbocycles. The van der Waals surface area contributed by atoms with Crippen LogP contribution in [0.25, 0.3) is 0 Å². The van der Waals surface area contributed by atoms with Crippen LogP contribution >= 0.6 is 0 Å². The van der Waals surface area contributed by atoms with Gasteiger partial charge in [-0.3, -0.25) is 14.8 Å². The van der Waals surface area contributed by atoms with E-state index in [9.17, 15) is 5.11 Å². The first-order chi connectivity index (χ1) is 10.8. The Labute approximate surface area is 132 Å². The number of rotatable bonds is 5. The van der Waals surface area contributed by atoms with Crippen LogP contribution in [0.5, 0.6) is 0 Å². The van der Waals surface area contributed by atoms with Crippen molar-refractivity contribution in [1.82, 2.24) is 14.8 Å². The summed E-state index contributed by atoms with van der Waals surface area (Å²) in [6.45, 7) is 5.81. The van der Waals surface area contributed by atoms with Crippen LogP contribution in [-0.2, 0) is 6.54 Å². The first kappa shape index (κ1) is 15.2. The van der Waals surface area contributed by atoms with Gasteiger partial charge in [0.15, 0.2) is 0 Å². The Kier molecular flexibility index (Phi) is 5.16. The molecule has 1 aliphatic heterocycles. The summed E-state index contributed by atoms with van der Waals surface area (Å²) in [5.74, 6) is 0. The third-order valence-corrected chi connectivity index (χ3v) is 4.24. The average molecular weight is 297 g/mol. The van der Waals surface area contributed by atoms with Gasteiger partial charge in [-0.2, -0.15) is 0 Å². The van der Waals surface area contributed by atoms with Crippen molar-refractivity contribution in [2.45, 2.75) is 12.6 Å². The minimum atomic E-state index is -0.395. The zero-order chi connectivity index (χ0) is 15.2. The second-order valence-corrected chi connectivity index (χ2v) is 5.86. The lowest BCUT2D eigenvalue weighted by atomic mass is 10.1. The molecule has 1 unspecified atom stereocenters.